The van der Waals surface area contributed by atoms with Gasteiger partial charge in [0, 0.05) is 54.8 Å². The first-order valence-corrected chi connectivity index (χ1v) is 12.6. The van der Waals surface area contributed by atoms with Crippen LogP contribution in [-0.4, -0.2) is 72.3 Å². The topological polar surface area (TPSA) is 43.9 Å². The maximum absolute atomic E-state index is 13.2. The third-order valence-corrected chi connectivity index (χ3v) is 7.98. The zero-order valence-corrected chi connectivity index (χ0v) is 18.9. The zero-order valence-electron chi connectivity index (χ0n) is 17.3. The van der Waals surface area contributed by atoms with Gasteiger partial charge in [-0.2, -0.15) is 0 Å². The van der Waals surface area contributed by atoms with Gasteiger partial charge in [-0.15, -0.1) is 23.1 Å². The fourth-order valence-electron chi connectivity index (χ4n) is 4.03. The van der Waals surface area contributed by atoms with Crippen LogP contribution in [0.4, 0.5) is 0 Å². The molecule has 0 atom stereocenters. The van der Waals surface area contributed by atoms with Gasteiger partial charge < -0.3 is 9.80 Å². The highest BCUT2D eigenvalue weighted by molar-refractivity contribution is 7.98. The molecule has 1 aromatic carbocycles. The minimum atomic E-state index is 0.103. The molecule has 7 heteroatoms. The molecule has 160 valence electrons. The van der Waals surface area contributed by atoms with E-state index in [4.69, 9.17) is 0 Å². The molecule has 0 bridgehead atoms. The van der Waals surface area contributed by atoms with Crippen LogP contribution >= 0.6 is 23.1 Å². The van der Waals surface area contributed by atoms with Crippen LogP contribution in [0.15, 0.2) is 46.7 Å². The van der Waals surface area contributed by atoms with Gasteiger partial charge in [-0.3, -0.25) is 14.5 Å². The molecule has 0 radical (unpaired) electrons. The number of thiophene rings is 1. The van der Waals surface area contributed by atoms with E-state index >= 15 is 0 Å². The average Bonchev–Trinajstić information content (AvgIpc) is 3.32. The highest BCUT2D eigenvalue weighted by atomic mass is 32.2. The minimum absolute atomic E-state index is 0.103. The van der Waals surface area contributed by atoms with Gasteiger partial charge >= 0.3 is 0 Å². The molecule has 4 rings (SSSR count). The smallest absolute Gasteiger partial charge is 0.255 e. The highest BCUT2D eigenvalue weighted by Crippen LogP contribution is 2.29. The van der Waals surface area contributed by atoms with E-state index < -0.39 is 0 Å². The van der Waals surface area contributed by atoms with Gasteiger partial charge in [0.05, 0.1) is 12.1 Å². The summed E-state index contributed by atoms with van der Waals surface area (Å²) in [5, 5.41) is 2.09. The van der Waals surface area contributed by atoms with Gasteiger partial charge in [-0.25, -0.2) is 0 Å². The van der Waals surface area contributed by atoms with Crippen LogP contribution in [0.25, 0.3) is 0 Å². The Morgan fingerprint density at radius 1 is 0.867 bits per heavy atom. The Morgan fingerprint density at radius 3 is 2.37 bits per heavy atom. The number of amides is 2. The van der Waals surface area contributed by atoms with E-state index in [9.17, 15) is 9.59 Å². The molecule has 2 aliphatic rings. The number of thioether (sulfide) groups is 1. The number of rotatable bonds is 6. The van der Waals surface area contributed by atoms with Crippen molar-refractivity contribution in [3.8, 4) is 0 Å². The number of benzene rings is 1. The lowest BCUT2D eigenvalue weighted by atomic mass is 10.1. The van der Waals surface area contributed by atoms with Gasteiger partial charge in [-0.1, -0.05) is 18.2 Å². The fourth-order valence-corrected chi connectivity index (χ4v) is 5.84. The van der Waals surface area contributed by atoms with E-state index in [0.717, 1.165) is 55.2 Å². The molecule has 0 aliphatic carbocycles. The molecule has 0 spiro atoms. The second kappa shape index (κ2) is 10.5. The highest BCUT2D eigenvalue weighted by Gasteiger charge is 2.26. The van der Waals surface area contributed by atoms with Crippen LogP contribution in [0.2, 0.25) is 0 Å². The summed E-state index contributed by atoms with van der Waals surface area (Å²) < 4.78 is 0. The Kier molecular flexibility index (Phi) is 7.47. The van der Waals surface area contributed by atoms with E-state index in [1.165, 1.54) is 11.3 Å². The standard InChI is InChI=1S/C23H29N3O2S2/c27-22(25-10-4-1-5-11-25)17-24-12-14-26(15-13-24)23(28)20-8-2-3-9-21(20)30-18-19-7-6-16-29-19/h2-3,6-9,16H,1,4-5,10-15,17-18H2. The van der Waals surface area contributed by atoms with Crippen LogP contribution < -0.4 is 0 Å². The first kappa shape index (κ1) is 21.4. The molecule has 0 unspecified atom stereocenters. The normalized spacial score (nSPS) is 17.9. The number of piperidine rings is 1. The third kappa shape index (κ3) is 5.45. The maximum atomic E-state index is 13.2. The summed E-state index contributed by atoms with van der Waals surface area (Å²) in [5.74, 6) is 1.23. The van der Waals surface area contributed by atoms with E-state index in [1.807, 2.05) is 34.1 Å². The third-order valence-electron chi connectivity index (χ3n) is 5.79. The lowest BCUT2D eigenvalue weighted by Crippen LogP contribution is -2.52. The fraction of sp³-hybridized carbons (Fsp3) is 0.478. The van der Waals surface area contributed by atoms with Gasteiger partial charge in [0.15, 0.2) is 0 Å². The Balaban J connectivity index is 1.30. The van der Waals surface area contributed by atoms with Crippen LogP contribution in [0.3, 0.4) is 0 Å². The summed E-state index contributed by atoms with van der Waals surface area (Å²) in [7, 11) is 0. The van der Waals surface area contributed by atoms with Crippen molar-refractivity contribution < 1.29 is 9.59 Å². The molecule has 2 saturated heterocycles. The summed E-state index contributed by atoms with van der Waals surface area (Å²) in [6, 6.07) is 12.1. The molecule has 2 fully saturated rings. The molecular formula is C23H29N3O2S2. The molecule has 2 aromatic rings. The summed E-state index contributed by atoms with van der Waals surface area (Å²) in [6.07, 6.45) is 3.48. The summed E-state index contributed by atoms with van der Waals surface area (Å²) in [4.78, 5) is 34.2. The predicted molar refractivity (Wildman–Crippen MR) is 123 cm³/mol. The lowest BCUT2D eigenvalue weighted by molar-refractivity contribution is -0.133. The van der Waals surface area contributed by atoms with E-state index in [1.54, 1.807) is 23.1 Å². The molecule has 30 heavy (non-hydrogen) atoms. The van der Waals surface area contributed by atoms with Gasteiger partial charge in [-0.05, 0) is 42.8 Å². The Bertz CT molecular complexity index is 842. The number of likely N-dealkylation sites (tertiary alicyclic amines) is 1. The quantitative estimate of drug-likeness (QED) is 0.637. The molecule has 2 aliphatic heterocycles. The predicted octanol–water partition coefficient (Wildman–Crippen LogP) is 3.81. The molecule has 0 N–H and O–H groups in total. The minimum Gasteiger partial charge on any atom is -0.342 e. The van der Waals surface area contributed by atoms with Crippen molar-refractivity contribution in [2.45, 2.75) is 29.9 Å². The van der Waals surface area contributed by atoms with Gasteiger partial charge in [0.2, 0.25) is 5.91 Å². The van der Waals surface area contributed by atoms with Crippen LogP contribution in [0, 0.1) is 0 Å². The van der Waals surface area contributed by atoms with E-state index in [2.05, 4.69) is 22.4 Å². The Hall–Kier alpha value is -1.83. The van der Waals surface area contributed by atoms with Crippen molar-refractivity contribution in [2.75, 3.05) is 45.8 Å². The van der Waals surface area contributed by atoms with Crippen LogP contribution in [-0.2, 0) is 10.5 Å². The second-order valence-electron chi connectivity index (χ2n) is 7.87. The van der Waals surface area contributed by atoms with Crippen molar-refractivity contribution in [1.82, 2.24) is 14.7 Å². The maximum Gasteiger partial charge on any atom is 0.255 e. The molecule has 2 amide bonds. The van der Waals surface area contributed by atoms with E-state index in [0.29, 0.717) is 19.6 Å². The Labute approximate surface area is 187 Å². The lowest BCUT2D eigenvalue weighted by Gasteiger charge is -2.36. The summed E-state index contributed by atoms with van der Waals surface area (Å²) in [5.41, 5.74) is 0.789. The SMILES string of the molecule is O=C(CN1CCN(C(=O)c2ccccc2SCc2cccs2)CC1)N1CCCCC1. The molecule has 0 saturated carbocycles. The number of piperazine rings is 1. The second-order valence-corrected chi connectivity index (χ2v) is 9.92. The molecule has 1 aromatic heterocycles. The number of nitrogens with zero attached hydrogens (tertiary/aromatic N) is 3. The molecule has 3 heterocycles. The van der Waals surface area contributed by atoms with Crippen molar-refractivity contribution in [3.05, 3.63) is 52.2 Å². The molecule has 5 nitrogen and oxygen atoms in total. The van der Waals surface area contributed by atoms with Crippen molar-refractivity contribution in [1.29, 1.82) is 0 Å². The largest absolute Gasteiger partial charge is 0.342 e. The van der Waals surface area contributed by atoms with Crippen LogP contribution in [0.1, 0.15) is 34.5 Å². The number of hydrogen-bond acceptors (Lipinski definition) is 5. The van der Waals surface area contributed by atoms with E-state index in [-0.39, 0.29) is 11.8 Å². The average molecular weight is 444 g/mol. The van der Waals surface area contributed by atoms with Crippen molar-refractivity contribution in [2.24, 2.45) is 0 Å². The number of hydrogen-bond donors (Lipinski definition) is 0. The van der Waals surface area contributed by atoms with Crippen molar-refractivity contribution >= 4 is 34.9 Å². The first-order valence-electron chi connectivity index (χ1n) is 10.7. The van der Waals surface area contributed by atoms with Gasteiger partial charge in [0.25, 0.3) is 5.91 Å². The monoisotopic (exact) mass is 443 g/mol. The van der Waals surface area contributed by atoms with Crippen molar-refractivity contribution in [3.63, 3.8) is 0 Å². The number of carbonyl (C=O) groups is 2. The van der Waals surface area contributed by atoms with Gasteiger partial charge in [0.1, 0.15) is 0 Å². The van der Waals surface area contributed by atoms with Crippen LogP contribution in [0.5, 0.6) is 0 Å². The number of carbonyl (C=O) groups excluding carboxylic acids is 2. The Morgan fingerprint density at radius 2 is 1.63 bits per heavy atom. The molecular weight excluding hydrogens is 414 g/mol. The first-order chi connectivity index (χ1) is 14.7. The summed E-state index contributed by atoms with van der Waals surface area (Å²) in [6.45, 7) is 5.15. The summed E-state index contributed by atoms with van der Waals surface area (Å²) >= 11 is 3.47. The zero-order chi connectivity index (χ0) is 20.8.